The van der Waals surface area contributed by atoms with Crippen LogP contribution in [-0.4, -0.2) is 5.91 Å². The quantitative estimate of drug-likeness (QED) is 0.180. The average Bonchev–Trinajstić information content (AvgIpc) is 2.75. The Morgan fingerprint density at radius 2 is 1.33 bits per heavy atom. The second kappa shape index (κ2) is 16.0. The molecule has 188 valence electrons. The third-order valence-electron chi connectivity index (χ3n) is 6.03. The van der Waals surface area contributed by atoms with Crippen molar-refractivity contribution < 1.29 is 18.0 Å². The van der Waals surface area contributed by atoms with Gasteiger partial charge in [0.15, 0.2) is 0 Å². The van der Waals surface area contributed by atoms with E-state index in [1.54, 1.807) is 19.9 Å². The van der Waals surface area contributed by atoms with Crippen LogP contribution in [0.2, 0.25) is 0 Å². The van der Waals surface area contributed by atoms with E-state index in [-0.39, 0.29) is 5.91 Å². The Morgan fingerprint density at radius 1 is 0.818 bits per heavy atom. The summed E-state index contributed by atoms with van der Waals surface area (Å²) >= 11 is 0. The maximum Gasteiger partial charge on any atom is 0.416 e. The van der Waals surface area contributed by atoms with Crippen molar-refractivity contribution in [3.63, 3.8) is 0 Å². The SMILES string of the molecule is CCCCCCCCC=CCCCCCCCC(=O)NC(C)(C)c1cccc(C(F)(F)F)c1. The number of hydrogen-bond donors (Lipinski definition) is 1. The summed E-state index contributed by atoms with van der Waals surface area (Å²) in [6, 6.07) is 5.17. The van der Waals surface area contributed by atoms with Crippen molar-refractivity contribution in [3.05, 3.63) is 47.5 Å². The number of alkyl halides is 3. The van der Waals surface area contributed by atoms with E-state index in [0.717, 1.165) is 37.8 Å². The maximum absolute atomic E-state index is 13.0. The summed E-state index contributed by atoms with van der Waals surface area (Å²) in [7, 11) is 0. The third-order valence-corrected chi connectivity index (χ3v) is 6.03. The normalized spacial score (nSPS) is 12.4. The molecule has 0 saturated heterocycles. The molecular weight excluding hydrogens is 423 g/mol. The first-order valence-electron chi connectivity index (χ1n) is 12.8. The highest BCUT2D eigenvalue weighted by atomic mass is 19.4. The van der Waals surface area contributed by atoms with E-state index in [4.69, 9.17) is 0 Å². The van der Waals surface area contributed by atoms with E-state index in [1.165, 1.54) is 63.9 Å². The van der Waals surface area contributed by atoms with Crippen molar-refractivity contribution in [2.45, 2.75) is 122 Å². The minimum Gasteiger partial charge on any atom is -0.347 e. The molecule has 0 saturated carbocycles. The molecule has 1 aromatic carbocycles. The number of hydrogen-bond acceptors (Lipinski definition) is 1. The lowest BCUT2D eigenvalue weighted by Gasteiger charge is -2.27. The zero-order valence-electron chi connectivity index (χ0n) is 20.9. The fourth-order valence-electron chi connectivity index (χ4n) is 3.92. The van der Waals surface area contributed by atoms with Gasteiger partial charge in [-0.3, -0.25) is 4.79 Å². The van der Waals surface area contributed by atoms with E-state index in [9.17, 15) is 18.0 Å². The summed E-state index contributed by atoms with van der Waals surface area (Å²) in [5.41, 5.74) is -1.09. The molecule has 0 radical (unpaired) electrons. The van der Waals surface area contributed by atoms with Crippen LogP contribution in [0.4, 0.5) is 13.2 Å². The van der Waals surface area contributed by atoms with Crippen LogP contribution in [0.5, 0.6) is 0 Å². The summed E-state index contributed by atoms with van der Waals surface area (Å²) in [6.45, 7) is 5.72. The summed E-state index contributed by atoms with van der Waals surface area (Å²) in [6.07, 6.45) is 16.2. The lowest BCUT2D eigenvalue weighted by Crippen LogP contribution is -2.41. The van der Waals surface area contributed by atoms with Crippen LogP contribution < -0.4 is 5.32 Å². The largest absolute Gasteiger partial charge is 0.416 e. The molecule has 0 aromatic heterocycles. The van der Waals surface area contributed by atoms with E-state index in [1.807, 2.05) is 0 Å². The fraction of sp³-hybridized carbons (Fsp3) is 0.679. The standard InChI is InChI=1S/C28H44F3NO/c1-4-5-6-7-8-9-10-11-12-13-14-15-16-17-18-22-26(33)32-27(2,3)24-20-19-21-25(23-24)28(29,30)31/h11-12,19-21,23H,4-10,13-18,22H2,1-3H3,(H,32,33). The molecule has 0 aliphatic rings. The van der Waals surface area contributed by atoms with Gasteiger partial charge in [-0.2, -0.15) is 13.2 Å². The number of benzene rings is 1. The van der Waals surface area contributed by atoms with E-state index in [2.05, 4.69) is 24.4 Å². The van der Waals surface area contributed by atoms with Crippen LogP contribution in [-0.2, 0) is 16.5 Å². The summed E-state index contributed by atoms with van der Waals surface area (Å²) in [4.78, 5) is 12.3. The van der Waals surface area contributed by atoms with Gasteiger partial charge < -0.3 is 5.32 Å². The predicted molar refractivity (Wildman–Crippen MR) is 132 cm³/mol. The Kier molecular flexibility index (Phi) is 14.1. The van der Waals surface area contributed by atoms with Gasteiger partial charge in [-0.15, -0.1) is 0 Å². The highest BCUT2D eigenvalue weighted by Crippen LogP contribution is 2.32. The summed E-state index contributed by atoms with van der Waals surface area (Å²) in [5, 5.41) is 2.89. The van der Waals surface area contributed by atoms with Crippen molar-refractivity contribution in [1.82, 2.24) is 5.32 Å². The molecule has 0 spiro atoms. The molecule has 0 heterocycles. The summed E-state index contributed by atoms with van der Waals surface area (Å²) < 4.78 is 38.9. The molecule has 1 amide bonds. The van der Waals surface area contributed by atoms with Crippen LogP contribution in [0.1, 0.15) is 122 Å². The van der Waals surface area contributed by atoms with E-state index < -0.39 is 17.3 Å². The molecule has 1 rings (SSSR count). The monoisotopic (exact) mass is 467 g/mol. The Labute approximate surface area is 199 Å². The number of unbranched alkanes of at least 4 members (excludes halogenated alkanes) is 11. The molecule has 1 N–H and O–H groups in total. The van der Waals surface area contributed by atoms with Crippen LogP contribution in [0.3, 0.4) is 0 Å². The second-order valence-electron chi connectivity index (χ2n) is 9.59. The fourth-order valence-corrected chi connectivity index (χ4v) is 3.92. The van der Waals surface area contributed by atoms with Crippen LogP contribution in [0.15, 0.2) is 36.4 Å². The molecule has 0 aliphatic carbocycles. The molecule has 0 atom stereocenters. The Bertz CT molecular complexity index is 695. The molecule has 5 heteroatoms. The number of amides is 1. The lowest BCUT2D eigenvalue weighted by molar-refractivity contribution is -0.137. The molecule has 0 bridgehead atoms. The predicted octanol–water partition coefficient (Wildman–Crippen LogP) is 9.09. The number of allylic oxidation sites excluding steroid dienone is 2. The second-order valence-corrected chi connectivity index (χ2v) is 9.59. The van der Waals surface area contributed by atoms with Crippen molar-refractivity contribution >= 4 is 5.91 Å². The van der Waals surface area contributed by atoms with Gasteiger partial charge in [-0.05, 0) is 63.6 Å². The van der Waals surface area contributed by atoms with Crippen LogP contribution >= 0.6 is 0 Å². The van der Waals surface area contributed by atoms with Gasteiger partial charge in [-0.25, -0.2) is 0 Å². The van der Waals surface area contributed by atoms with Crippen molar-refractivity contribution in [2.75, 3.05) is 0 Å². The molecule has 1 aromatic rings. The highest BCUT2D eigenvalue weighted by molar-refractivity contribution is 5.76. The first kappa shape index (κ1) is 29.3. The van der Waals surface area contributed by atoms with Gasteiger partial charge in [0.1, 0.15) is 0 Å². The lowest BCUT2D eigenvalue weighted by atomic mass is 9.92. The topological polar surface area (TPSA) is 29.1 Å². The molecule has 0 unspecified atom stereocenters. The minimum atomic E-state index is -4.39. The molecular formula is C28H44F3NO. The third kappa shape index (κ3) is 13.5. The van der Waals surface area contributed by atoms with Crippen LogP contribution in [0, 0.1) is 0 Å². The average molecular weight is 468 g/mol. The Hall–Kier alpha value is -1.78. The minimum absolute atomic E-state index is 0.116. The van der Waals surface area contributed by atoms with Gasteiger partial charge in [0.2, 0.25) is 5.91 Å². The zero-order valence-corrected chi connectivity index (χ0v) is 20.9. The van der Waals surface area contributed by atoms with Crippen molar-refractivity contribution in [1.29, 1.82) is 0 Å². The Morgan fingerprint density at radius 3 is 1.91 bits per heavy atom. The highest BCUT2D eigenvalue weighted by Gasteiger charge is 2.32. The maximum atomic E-state index is 13.0. The number of rotatable bonds is 17. The molecule has 0 aliphatic heterocycles. The van der Waals surface area contributed by atoms with Gasteiger partial charge in [0, 0.05) is 6.42 Å². The molecule has 2 nitrogen and oxygen atoms in total. The van der Waals surface area contributed by atoms with Gasteiger partial charge in [0.05, 0.1) is 11.1 Å². The number of halogens is 3. The van der Waals surface area contributed by atoms with E-state index >= 15 is 0 Å². The van der Waals surface area contributed by atoms with Crippen molar-refractivity contribution in [2.24, 2.45) is 0 Å². The first-order valence-corrected chi connectivity index (χ1v) is 12.8. The van der Waals surface area contributed by atoms with Crippen molar-refractivity contribution in [3.8, 4) is 0 Å². The smallest absolute Gasteiger partial charge is 0.347 e. The number of nitrogens with one attached hydrogen (secondary N) is 1. The summed E-state index contributed by atoms with van der Waals surface area (Å²) in [5.74, 6) is -0.116. The zero-order chi connectivity index (χ0) is 24.6. The van der Waals surface area contributed by atoms with Crippen LogP contribution in [0.25, 0.3) is 0 Å². The first-order chi connectivity index (χ1) is 15.7. The molecule has 33 heavy (non-hydrogen) atoms. The van der Waals surface area contributed by atoms with Gasteiger partial charge in [-0.1, -0.05) is 82.6 Å². The van der Waals surface area contributed by atoms with E-state index in [0.29, 0.717) is 12.0 Å². The number of carbonyl (C=O) groups is 1. The van der Waals surface area contributed by atoms with Gasteiger partial charge in [0.25, 0.3) is 0 Å². The molecule has 0 fully saturated rings. The van der Waals surface area contributed by atoms with Gasteiger partial charge >= 0.3 is 6.18 Å². The number of carbonyl (C=O) groups excluding carboxylic acids is 1. The Balaban J connectivity index is 2.13.